The van der Waals surface area contributed by atoms with Gasteiger partial charge in [-0.05, 0) is 49.3 Å². The number of nitrogen functional groups attached to an aromatic ring is 1. The number of pyridine rings is 1. The van der Waals surface area contributed by atoms with Crippen molar-refractivity contribution < 1.29 is 9.18 Å². The average Bonchev–Trinajstić information content (AvgIpc) is 3.14. The lowest BCUT2D eigenvalue weighted by molar-refractivity contribution is 0.0953. The molecule has 3 N–H and O–H groups in total. The topological polar surface area (TPSA) is 85.8 Å². The van der Waals surface area contributed by atoms with Crippen LogP contribution in [0.1, 0.15) is 49.4 Å². The van der Waals surface area contributed by atoms with E-state index in [1.54, 1.807) is 29.1 Å². The second-order valence-corrected chi connectivity index (χ2v) is 8.06. The Balaban J connectivity index is 0.00000163. The number of carbonyl (C=O) groups is 1. The average molecular weight is 526 g/mol. The summed E-state index contributed by atoms with van der Waals surface area (Å²) >= 11 is 5.75. The summed E-state index contributed by atoms with van der Waals surface area (Å²) in [5.41, 5.74) is 11.4. The number of hydrogen-bond acceptors (Lipinski definition) is 4. The predicted octanol–water partition coefficient (Wildman–Crippen LogP) is 7.13. The molecule has 0 saturated heterocycles. The number of anilines is 1. The van der Waals surface area contributed by atoms with E-state index in [2.05, 4.69) is 28.6 Å². The molecule has 1 aromatic carbocycles. The SMILES string of the molecule is C=C/C(=C\C(=C)Cl)CNC(=O)c1ccc(-c2cc(-c3c(C)nn(C)c3C)cnc2N)cc1F.CC.CC. The monoisotopic (exact) mass is 525 g/mol. The van der Waals surface area contributed by atoms with Crippen LogP contribution in [0.3, 0.4) is 0 Å². The highest BCUT2D eigenvalue weighted by Crippen LogP contribution is 2.33. The lowest BCUT2D eigenvalue weighted by Crippen LogP contribution is -2.26. The number of nitrogens with zero attached hydrogens (tertiary/aromatic N) is 3. The van der Waals surface area contributed by atoms with E-state index < -0.39 is 11.7 Å². The van der Waals surface area contributed by atoms with Gasteiger partial charge >= 0.3 is 0 Å². The number of benzene rings is 1. The number of aromatic nitrogens is 3. The summed E-state index contributed by atoms with van der Waals surface area (Å²) in [5.74, 6) is -0.973. The number of aryl methyl sites for hydroxylation is 2. The summed E-state index contributed by atoms with van der Waals surface area (Å²) in [7, 11) is 1.87. The Morgan fingerprint density at radius 1 is 1.19 bits per heavy atom. The van der Waals surface area contributed by atoms with Crippen LogP contribution in [0.15, 0.2) is 66.4 Å². The third kappa shape index (κ3) is 7.89. The third-order valence-electron chi connectivity index (χ3n) is 5.30. The van der Waals surface area contributed by atoms with Crippen LogP contribution < -0.4 is 11.1 Å². The van der Waals surface area contributed by atoms with Gasteiger partial charge in [0.1, 0.15) is 11.6 Å². The van der Waals surface area contributed by atoms with Gasteiger partial charge in [0.15, 0.2) is 0 Å². The van der Waals surface area contributed by atoms with Crippen molar-refractivity contribution in [2.24, 2.45) is 7.05 Å². The van der Waals surface area contributed by atoms with Crippen LogP contribution in [0.25, 0.3) is 22.3 Å². The molecule has 0 bridgehead atoms. The van der Waals surface area contributed by atoms with Crippen molar-refractivity contribution in [1.29, 1.82) is 0 Å². The number of allylic oxidation sites excluding steroid dienone is 2. The highest BCUT2D eigenvalue weighted by Gasteiger charge is 2.17. The van der Waals surface area contributed by atoms with Crippen LogP contribution in [-0.4, -0.2) is 27.2 Å². The summed E-state index contributed by atoms with van der Waals surface area (Å²) in [4.78, 5) is 16.8. The van der Waals surface area contributed by atoms with E-state index in [1.165, 1.54) is 12.1 Å². The Morgan fingerprint density at radius 2 is 1.84 bits per heavy atom. The highest BCUT2D eigenvalue weighted by atomic mass is 35.5. The number of halogens is 2. The van der Waals surface area contributed by atoms with Gasteiger partial charge in [-0.15, -0.1) is 0 Å². The first kappa shape index (κ1) is 31.3. The maximum Gasteiger partial charge on any atom is 0.254 e. The molecule has 0 aliphatic heterocycles. The molecule has 37 heavy (non-hydrogen) atoms. The number of nitrogens with one attached hydrogen (secondary N) is 1. The molecule has 0 spiro atoms. The minimum Gasteiger partial charge on any atom is -0.383 e. The number of amides is 1. The van der Waals surface area contributed by atoms with Gasteiger partial charge in [-0.1, -0.05) is 64.6 Å². The van der Waals surface area contributed by atoms with E-state index in [1.807, 2.05) is 54.7 Å². The Labute approximate surface area is 224 Å². The second kappa shape index (κ2) is 14.8. The van der Waals surface area contributed by atoms with Crippen molar-refractivity contribution in [2.75, 3.05) is 12.3 Å². The van der Waals surface area contributed by atoms with Gasteiger partial charge in [0, 0.05) is 47.2 Å². The van der Waals surface area contributed by atoms with Crippen molar-refractivity contribution in [1.82, 2.24) is 20.1 Å². The van der Waals surface area contributed by atoms with Crippen molar-refractivity contribution >= 4 is 23.3 Å². The summed E-state index contributed by atoms with van der Waals surface area (Å²) in [5, 5.41) is 7.39. The zero-order valence-corrected chi connectivity index (χ0v) is 23.5. The smallest absolute Gasteiger partial charge is 0.254 e. The van der Waals surface area contributed by atoms with Crippen LogP contribution in [0.4, 0.5) is 10.2 Å². The minimum absolute atomic E-state index is 0.0894. The molecule has 0 saturated carbocycles. The first-order valence-corrected chi connectivity index (χ1v) is 12.5. The minimum atomic E-state index is -0.672. The van der Waals surface area contributed by atoms with Crippen molar-refractivity contribution in [3.05, 3.63) is 89.1 Å². The van der Waals surface area contributed by atoms with Gasteiger partial charge in [-0.3, -0.25) is 9.48 Å². The van der Waals surface area contributed by atoms with E-state index in [9.17, 15) is 9.18 Å². The normalized spacial score (nSPS) is 10.5. The number of nitrogens with two attached hydrogens (primary N) is 1. The molecule has 6 nitrogen and oxygen atoms in total. The maximum absolute atomic E-state index is 14.9. The first-order valence-electron chi connectivity index (χ1n) is 12.1. The zero-order valence-electron chi connectivity index (χ0n) is 22.7. The molecule has 0 radical (unpaired) electrons. The van der Waals surface area contributed by atoms with Gasteiger partial charge in [0.05, 0.1) is 11.3 Å². The zero-order chi connectivity index (χ0) is 28.3. The van der Waals surface area contributed by atoms with E-state index in [-0.39, 0.29) is 17.9 Å². The van der Waals surface area contributed by atoms with Crippen molar-refractivity contribution in [3.8, 4) is 22.3 Å². The van der Waals surface area contributed by atoms with E-state index in [0.717, 1.165) is 22.5 Å². The van der Waals surface area contributed by atoms with E-state index in [4.69, 9.17) is 17.3 Å². The molecule has 8 heteroatoms. The van der Waals surface area contributed by atoms with Crippen molar-refractivity contribution in [2.45, 2.75) is 41.5 Å². The Kier molecular flexibility index (Phi) is 12.5. The largest absolute Gasteiger partial charge is 0.383 e. The van der Waals surface area contributed by atoms with Crippen molar-refractivity contribution in [3.63, 3.8) is 0 Å². The molecule has 0 aliphatic rings. The molecule has 2 heterocycles. The fraction of sp³-hybridized carbons (Fsp3) is 0.276. The number of rotatable bonds is 7. The molecule has 0 fully saturated rings. The summed E-state index contributed by atoms with van der Waals surface area (Å²) in [6, 6.07) is 6.20. The lowest BCUT2D eigenvalue weighted by Gasteiger charge is -2.11. The van der Waals surface area contributed by atoms with Gasteiger partial charge in [0.2, 0.25) is 0 Å². The predicted molar refractivity (Wildman–Crippen MR) is 154 cm³/mol. The molecule has 0 atom stereocenters. The fourth-order valence-electron chi connectivity index (χ4n) is 3.56. The Morgan fingerprint density at radius 3 is 2.35 bits per heavy atom. The van der Waals surface area contributed by atoms with E-state index in [0.29, 0.717) is 21.7 Å². The molecular formula is C29H37ClFN5O. The second-order valence-electron chi connectivity index (χ2n) is 7.57. The number of carbonyl (C=O) groups excluding carboxylic acids is 1. The molecule has 198 valence electrons. The van der Waals surface area contributed by atoms with Crippen LogP contribution in [0.5, 0.6) is 0 Å². The molecule has 0 aliphatic carbocycles. The van der Waals surface area contributed by atoms with Crippen LogP contribution in [0, 0.1) is 19.7 Å². The van der Waals surface area contributed by atoms with Crippen LogP contribution in [-0.2, 0) is 7.05 Å². The lowest BCUT2D eigenvalue weighted by atomic mass is 9.99. The summed E-state index contributed by atoms with van der Waals surface area (Å²) in [6.45, 7) is 19.3. The Bertz CT molecular complexity index is 1290. The summed E-state index contributed by atoms with van der Waals surface area (Å²) < 4.78 is 16.7. The molecule has 0 unspecified atom stereocenters. The van der Waals surface area contributed by atoms with Gasteiger partial charge in [0.25, 0.3) is 5.91 Å². The first-order chi connectivity index (χ1) is 17.6. The standard InChI is InChI=1S/C25H25ClFN5O.2C2H6/c1-6-17(9-14(2)26)12-30-25(33)20-8-7-18(11-22(20)27)21-10-19(13-29-24(21)28)23-15(3)31-32(5)16(23)4;2*1-2/h6-11,13H,1-2,12H2,3-5H3,(H2,28,29)(H,30,33);2*1-2H3/b17-9+;;. The van der Waals surface area contributed by atoms with Gasteiger partial charge in [-0.25, -0.2) is 9.37 Å². The third-order valence-corrected chi connectivity index (χ3v) is 5.41. The Hall–Kier alpha value is -3.71. The van der Waals surface area contributed by atoms with Gasteiger partial charge in [-0.2, -0.15) is 5.10 Å². The van der Waals surface area contributed by atoms with Crippen LogP contribution in [0.2, 0.25) is 0 Å². The quantitative estimate of drug-likeness (QED) is 0.321. The molecule has 3 rings (SSSR count). The van der Waals surface area contributed by atoms with Crippen LogP contribution >= 0.6 is 11.6 Å². The molecule has 1 amide bonds. The van der Waals surface area contributed by atoms with Gasteiger partial charge < -0.3 is 11.1 Å². The fourth-order valence-corrected chi connectivity index (χ4v) is 3.70. The maximum atomic E-state index is 14.9. The molecular weight excluding hydrogens is 489 g/mol. The summed E-state index contributed by atoms with van der Waals surface area (Å²) in [6.07, 6.45) is 4.79. The molecule has 3 aromatic rings. The molecule has 2 aromatic heterocycles. The number of hydrogen-bond donors (Lipinski definition) is 2. The van der Waals surface area contributed by atoms with E-state index >= 15 is 0 Å². The highest BCUT2D eigenvalue weighted by molar-refractivity contribution is 6.30.